The van der Waals surface area contributed by atoms with Crippen LogP contribution in [0.1, 0.15) is 29.1 Å². The molecule has 0 bridgehead atoms. The van der Waals surface area contributed by atoms with E-state index in [0.717, 1.165) is 30.5 Å². The second-order valence-corrected chi connectivity index (χ2v) is 6.61. The predicted molar refractivity (Wildman–Crippen MR) is 90.9 cm³/mol. The van der Waals surface area contributed by atoms with E-state index >= 15 is 0 Å². The fourth-order valence-corrected chi connectivity index (χ4v) is 2.86. The van der Waals surface area contributed by atoms with Gasteiger partial charge in [-0.3, -0.25) is 4.79 Å². The van der Waals surface area contributed by atoms with E-state index in [0.29, 0.717) is 24.0 Å². The highest BCUT2D eigenvalue weighted by molar-refractivity contribution is 9.10. The fraction of sp³-hybridized carbons (Fsp3) is 0.412. The van der Waals surface area contributed by atoms with E-state index in [1.165, 1.54) is 0 Å². The Balaban J connectivity index is 1.48. The third kappa shape index (κ3) is 4.82. The highest BCUT2D eigenvalue weighted by Crippen LogP contribution is 2.19. The van der Waals surface area contributed by atoms with E-state index in [1.807, 2.05) is 24.3 Å². The first-order valence-electron chi connectivity index (χ1n) is 7.90. The van der Waals surface area contributed by atoms with Crippen molar-refractivity contribution in [2.75, 3.05) is 19.8 Å². The van der Waals surface area contributed by atoms with Crippen LogP contribution in [-0.4, -0.2) is 30.8 Å². The van der Waals surface area contributed by atoms with Gasteiger partial charge in [-0.2, -0.15) is 0 Å². The maximum atomic E-state index is 12.1. The Kier molecular flexibility index (Phi) is 5.87. The summed E-state index contributed by atoms with van der Waals surface area (Å²) in [5.74, 6) is 1.46. The number of ether oxygens (including phenoxy) is 2. The topological polar surface area (TPSA) is 73.6 Å². The van der Waals surface area contributed by atoms with E-state index < -0.39 is 0 Å². The Morgan fingerprint density at radius 2 is 2.17 bits per heavy atom. The zero-order valence-electron chi connectivity index (χ0n) is 13.2. The summed E-state index contributed by atoms with van der Waals surface area (Å²) in [6, 6.07) is 9.12. The van der Waals surface area contributed by atoms with Crippen LogP contribution in [0.15, 0.2) is 39.3 Å². The van der Waals surface area contributed by atoms with Crippen molar-refractivity contribution < 1.29 is 18.8 Å². The van der Waals surface area contributed by atoms with Gasteiger partial charge >= 0.3 is 0 Å². The number of halogens is 1. The molecule has 7 heteroatoms. The van der Waals surface area contributed by atoms with Crippen LogP contribution in [-0.2, 0) is 11.3 Å². The number of hydrogen-bond donors (Lipinski definition) is 1. The summed E-state index contributed by atoms with van der Waals surface area (Å²) in [4.78, 5) is 12.1. The average Bonchev–Trinajstić information content (AvgIpc) is 3.08. The van der Waals surface area contributed by atoms with E-state index in [4.69, 9.17) is 14.0 Å². The summed E-state index contributed by atoms with van der Waals surface area (Å²) in [6.45, 7) is 2.39. The Bertz CT molecular complexity index is 683. The van der Waals surface area contributed by atoms with Gasteiger partial charge in [0.2, 0.25) is 0 Å². The first kappa shape index (κ1) is 17.0. The van der Waals surface area contributed by atoms with Crippen LogP contribution in [0.3, 0.4) is 0 Å². The second kappa shape index (κ2) is 8.30. The molecule has 1 N–H and O–H groups in total. The van der Waals surface area contributed by atoms with Crippen LogP contribution in [0.2, 0.25) is 0 Å². The minimum absolute atomic E-state index is 0.219. The van der Waals surface area contributed by atoms with Gasteiger partial charge in [-0.1, -0.05) is 27.2 Å². The monoisotopic (exact) mass is 394 g/mol. The zero-order valence-corrected chi connectivity index (χ0v) is 14.8. The summed E-state index contributed by atoms with van der Waals surface area (Å²) in [5.41, 5.74) is 0.273. The number of nitrogens with one attached hydrogen (secondary N) is 1. The van der Waals surface area contributed by atoms with Gasteiger partial charge in [-0.15, -0.1) is 0 Å². The molecule has 1 amide bonds. The summed E-state index contributed by atoms with van der Waals surface area (Å²) in [6.07, 6.45) is 1.95. The molecule has 0 aliphatic carbocycles. The van der Waals surface area contributed by atoms with Gasteiger partial charge < -0.3 is 19.3 Å². The Hall–Kier alpha value is -1.86. The largest absolute Gasteiger partial charge is 0.486 e. The molecule has 1 aliphatic heterocycles. The molecular weight excluding hydrogens is 376 g/mol. The SMILES string of the molecule is O=C(NCC1CCOCC1)c1cc(COc2cccc(Br)c2)on1. The number of rotatable bonds is 6. The van der Waals surface area contributed by atoms with Crippen molar-refractivity contribution in [1.82, 2.24) is 10.5 Å². The molecule has 6 nitrogen and oxygen atoms in total. The molecule has 2 aromatic rings. The lowest BCUT2D eigenvalue weighted by atomic mass is 10.0. The van der Waals surface area contributed by atoms with Crippen molar-refractivity contribution in [3.8, 4) is 5.75 Å². The van der Waals surface area contributed by atoms with Gasteiger partial charge in [0.25, 0.3) is 5.91 Å². The smallest absolute Gasteiger partial charge is 0.273 e. The van der Waals surface area contributed by atoms with Crippen LogP contribution in [0.5, 0.6) is 5.75 Å². The molecule has 0 unspecified atom stereocenters. The van der Waals surface area contributed by atoms with E-state index in [2.05, 4.69) is 26.4 Å². The number of carbonyl (C=O) groups is 1. The van der Waals surface area contributed by atoms with Crippen molar-refractivity contribution in [3.63, 3.8) is 0 Å². The summed E-state index contributed by atoms with van der Waals surface area (Å²) in [7, 11) is 0. The minimum Gasteiger partial charge on any atom is -0.486 e. The minimum atomic E-state index is -0.223. The second-order valence-electron chi connectivity index (χ2n) is 5.69. The Morgan fingerprint density at radius 3 is 2.96 bits per heavy atom. The molecule has 24 heavy (non-hydrogen) atoms. The molecule has 0 saturated carbocycles. The Labute approximate surface area is 148 Å². The molecule has 0 spiro atoms. The first-order chi connectivity index (χ1) is 11.7. The molecular formula is C17H19BrN2O4. The molecule has 3 rings (SSSR count). The van der Waals surface area contributed by atoms with Gasteiger partial charge in [-0.05, 0) is 37.0 Å². The Morgan fingerprint density at radius 1 is 1.33 bits per heavy atom. The van der Waals surface area contributed by atoms with Crippen LogP contribution in [0.25, 0.3) is 0 Å². The highest BCUT2D eigenvalue weighted by atomic mass is 79.9. The number of amides is 1. The van der Waals surface area contributed by atoms with Crippen molar-refractivity contribution in [2.45, 2.75) is 19.4 Å². The van der Waals surface area contributed by atoms with Crippen molar-refractivity contribution in [3.05, 3.63) is 46.3 Å². The van der Waals surface area contributed by atoms with Gasteiger partial charge in [0, 0.05) is 30.3 Å². The summed E-state index contributed by atoms with van der Waals surface area (Å²) < 4.78 is 17.0. The lowest BCUT2D eigenvalue weighted by Crippen LogP contribution is -2.32. The molecule has 0 radical (unpaired) electrons. The molecule has 1 aromatic carbocycles. The molecule has 1 aromatic heterocycles. The van der Waals surface area contributed by atoms with Crippen molar-refractivity contribution in [2.24, 2.45) is 5.92 Å². The summed E-state index contributed by atoms with van der Waals surface area (Å²) in [5, 5.41) is 6.71. The van der Waals surface area contributed by atoms with Gasteiger partial charge in [0.05, 0.1) is 0 Å². The van der Waals surface area contributed by atoms with E-state index in [9.17, 15) is 4.79 Å². The zero-order chi connectivity index (χ0) is 16.8. The standard InChI is InChI=1S/C17H19BrN2O4/c18-13-2-1-3-14(8-13)23-11-15-9-16(20-24-15)17(21)19-10-12-4-6-22-7-5-12/h1-3,8-9,12H,4-7,10-11H2,(H,19,21). The van der Waals surface area contributed by atoms with Crippen LogP contribution >= 0.6 is 15.9 Å². The molecule has 2 heterocycles. The maximum Gasteiger partial charge on any atom is 0.273 e. The quantitative estimate of drug-likeness (QED) is 0.814. The third-order valence-electron chi connectivity index (χ3n) is 3.86. The highest BCUT2D eigenvalue weighted by Gasteiger charge is 2.17. The van der Waals surface area contributed by atoms with Gasteiger partial charge in [0.1, 0.15) is 12.4 Å². The van der Waals surface area contributed by atoms with Crippen molar-refractivity contribution in [1.29, 1.82) is 0 Å². The normalized spacial score (nSPS) is 15.2. The number of hydrogen-bond acceptors (Lipinski definition) is 5. The van der Waals surface area contributed by atoms with Gasteiger partial charge in [-0.25, -0.2) is 0 Å². The first-order valence-corrected chi connectivity index (χ1v) is 8.70. The molecule has 1 aliphatic rings. The lowest BCUT2D eigenvalue weighted by molar-refractivity contribution is 0.0641. The van der Waals surface area contributed by atoms with E-state index in [1.54, 1.807) is 6.07 Å². The number of benzene rings is 1. The van der Waals surface area contributed by atoms with Crippen LogP contribution in [0.4, 0.5) is 0 Å². The third-order valence-corrected chi connectivity index (χ3v) is 4.35. The van der Waals surface area contributed by atoms with Gasteiger partial charge in [0.15, 0.2) is 11.5 Å². The predicted octanol–water partition coefficient (Wildman–Crippen LogP) is 3.17. The van der Waals surface area contributed by atoms with E-state index in [-0.39, 0.29) is 18.2 Å². The number of nitrogens with zero attached hydrogens (tertiary/aromatic N) is 1. The number of aromatic nitrogens is 1. The van der Waals surface area contributed by atoms with Crippen LogP contribution < -0.4 is 10.1 Å². The average molecular weight is 395 g/mol. The molecule has 1 fully saturated rings. The molecule has 128 valence electrons. The maximum absolute atomic E-state index is 12.1. The van der Waals surface area contributed by atoms with Crippen molar-refractivity contribution >= 4 is 21.8 Å². The fourth-order valence-electron chi connectivity index (χ4n) is 2.48. The number of carbonyl (C=O) groups excluding carboxylic acids is 1. The molecule has 0 atom stereocenters. The van der Waals surface area contributed by atoms with Crippen LogP contribution in [0, 0.1) is 5.92 Å². The molecule has 1 saturated heterocycles. The summed E-state index contributed by atoms with van der Waals surface area (Å²) >= 11 is 3.38. The lowest BCUT2D eigenvalue weighted by Gasteiger charge is -2.21.